The van der Waals surface area contributed by atoms with E-state index >= 15 is 0 Å². The van der Waals surface area contributed by atoms with E-state index in [0.29, 0.717) is 18.4 Å². The first-order valence-corrected chi connectivity index (χ1v) is 14.6. The zero-order valence-electron chi connectivity index (χ0n) is 23.9. The Labute approximate surface area is 240 Å². The highest BCUT2D eigenvalue weighted by molar-refractivity contribution is 5.92. The summed E-state index contributed by atoms with van der Waals surface area (Å²) in [6, 6.07) is 8.20. The van der Waals surface area contributed by atoms with Crippen LogP contribution in [0.5, 0.6) is 0 Å². The van der Waals surface area contributed by atoms with Crippen molar-refractivity contribution in [2.75, 3.05) is 29.2 Å². The van der Waals surface area contributed by atoms with Crippen molar-refractivity contribution in [1.29, 1.82) is 0 Å². The summed E-state index contributed by atoms with van der Waals surface area (Å²) in [6.07, 6.45) is 8.03. The Bertz CT molecular complexity index is 1370. The van der Waals surface area contributed by atoms with Gasteiger partial charge in [0.15, 0.2) is 5.65 Å². The van der Waals surface area contributed by atoms with E-state index in [2.05, 4.69) is 46.8 Å². The minimum absolute atomic E-state index is 0.0164. The molecular formula is C30H40N8O3. The van der Waals surface area contributed by atoms with Gasteiger partial charge in [0.1, 0.15) is 0 Å². The lowest BCUT2D eigenvalue weighted by atomic mass is 9.85. The van der Waals surface area contributed by atoms with Crippen LogP contribution in [0, 0.1) is 5.92 Å². The number of hydrogen-bond acceptors (Lipinski definition) is 8. The van der Waals surface area contributed by atoms with Crippen molar-refractivity contribution in [2.45, 2.75) is 76.9 Å². The Kier molecular flexibility index (Phi) is 9.13. The maximum Gasteiger partial charge on any atom is 0.243 e. The summed E-state index contributed by atoms with van der Waals surface area (Å²) in [6.45, 7) is 9.72. The summed E-state index contributed by atoms with van der Waals surface area (Å²) < 4.78 is 7.25. The molecular weight excluding hydrogens is 520 g/mol. The number of rotatable bonds is 10. The number of carbonyl (C=O) groups is 2. The molecule has 0 spiro atoms. The van der Waals surface area contributed by atoms with Gasteiger partial charge in [0.2, 0.25) is 23.7 Å². The molecule has 3 heterocycles. The molecule has 3 aromatic rings. The van der Waals surface area contributed by atoms with Crippen molar-refractivity contribution >= 4 is 35.0 Å². The first-order chi connectivity index (χ1) is 19.9. The fraction of sp³-hybridized carbons (Fsp3) is 0.500. The number of aromatic nitrogens is 4. The van der Waals surface area contributed by atoms with Crippen molar-refractivity contribution < 1.29 is 14.3 Å². The largest absolute Gasteiger partial charge is 0.381 e. The standard InChI is InChI=1S/C30H40N8O3/c1-4-26(39)33-22-10-8-21(9-11-22)28(40)34-24-7-5-6-20(16-24)17-31-30-37-29(35-23-12-14-41-15-13-23)36-27-25(19(2)3)18-32-38(27)30/h4-7,16,18-19,21-23H,1,8-15,17H2,2-3H3,(H,33,39)(H,34,40)(H2,31,35,36,37)/t21-,22+. The number of amides is 2. The molecule has 2 amide bonds. The Morgan fingerprint density at radius 2 is 1.88 bits per heavy atom. The molecule has 218 valence electrons. The van der Waals surface area contributed by atoms with Crippen molar-refractivity contribution in [3.63, 3.8) is 0 Å². The van der Waals surface area contributed by atoms with E-state index in [9.17, 15) is 9.59 Å². The number of benzene rings is 1. The van der Waals surface area contributed by atoms with Crippen molar-refractivity contribution in [3.05, 3.63) is 54.2 Å². The van der Waals surface area contributed by atoms with Crippen LogP contribution >= 0.6 is 0 Å². The number of hydrogen-bond donors (Lipinski definition) is 4. The minimum Gasteiger partial charge on any atom is -0.381 e. The van der Waals surface area contributed by atoms with Crippen molar-refractivity contribution in [3.8, 4) is 0 Å². The first kappa shape index (κ1) is 28.5. The molecule has 1 saturated carbocycles. The van der Waals surface area contributed by atoms with E-state index in [0.717, 1.165) is 74.2 Å². The summed E-state index contributed by atoms with van der Waals surface area (Å²) in [5.41, 5.74) is 3.60. The summed E-state index contributed by atoms with van der Waals surface area (Å²) in [4.78, 5) is 34.1. The summed E-state index contributed by atoms with van der Waals surface area (Å²) >= 11 is 0. The van der Waals surface area contributed by atoms with Gasteiger partial charge in [-0.15, -0.1) is 0 Å². The van der Waals surface area contributed by atoms with Gasteiger partial charge in [0, 0.05) is 49.0 Å². The molecule has 11 heteroatoms. The maximum absolute atomic E-state index is 13.0. The topological polar surface area (TPSA) is 135 Å². The molecule has 0 bridgehead atoms. The normalized spacial score (nSPS) is 19.6. The lowest BCUT2D eigenvalue weighted by molar-refractivity contribution is -0.121. The van der Waals surface area contributed by atoms with Crippen LogP contribution in [0.15, 0.2) is 43.1 Å². The van der Waals surface area contributed by atoms with E-state index < -0.39 is 0 Å². The molecule has 1 aliphatic heterocycles. The molecule has 11 nitrogen and oxygen atoms in total. The smallest absolute Gasteiger partial charge is 0.243 e. The van der Waals surface area contributed by atoms with E-state index in [4.69, 9.17) is 14.7 Å². The predicted molar refractivity (Wildman–Crippen MR) is 159 cm³/mol. The number of ether oxygens (including phenoxy) is 1. The van der Waals surface area contributed by atoms with Crippen LogP contribution in [0.1, 0.15) is 69.4 Å². The lowest BCUT2D eigenvalue weighted by Crippen LogP contribution is -2.38. The molecule has 1 aliphatic carbocycles. The minimum atomic E-state index is -0.161. The van der Waals surface area contributed by atoms with Gasteiger partial charge in [0.05, 0.1) is 6.20 Å². The Balaban J connectivity index is 1.24. The van der Waals surface area contributed by atoms with Gasteiger partial charge in [-0.1, -0.05) is 32.6 Å². The van der Waals surface area contributed by atoms with Gasteiger partial charge in [-0.2, -0.15) is 19.6 Å². The second-order valence-electron chi connectivity index (χ2n) is 11.2. The van der Waals surface area contributed by atoms with Crippen molar-refractivity contribution in [1.82, 2.24) is 24.9 Å². The average Bonchev–Trinajstić information content (AvgIpc) is 3.41. The van der Waals surface area contributed by atoms with Crippen LogP contribution in [-0.2, 0) is 20.9 Å². The lowest BCUT2D eigenvalue weighted by Gasteiger charge is -2.28. The van der Waals surface area contributed by atoms with E-state index in [1.807, 2.05) is 30.5 Å². The Morgan fingerprint density at radius 1 is 1.10 bits per heavy atom. The first-order valence-electron chi connectivity index (χ1n) is 14.6. The molecule has 2 fully saturated rings. The highest BCUT2D eigenvalue weighted by Gasteiger charge is 2.27. The van der Waals surface area contributed by atoms with E-state index in [1.165, 1.54) is 6.08 Å². The molecule has 0 atom stereocenters. The van der Waals surface area contributed by atoms with Gasteiger partial charge in [0.25, 0.3) is 0 Å². The fourth-order valence-electron chi connectivity index (χ4n) is 5.45. The van der Waals surface area contributed by atoms with Crippen LogP contribution in [0.4, 0.5) is 17.6 Å². The third kappa shape index (κ3) is 7.21. The quantitative estimate of drug-likeness (QED) is 0.270. The van der Waals surface area contributed by atoms with Crippen LogP contribution in [0.2, 0.25) is 0 Å². The van der Waals surface area contributed by atoms with Gasteiger partial charge >= 0.3 is 0 Å². The van der Waals surface area contributed by atoms with Crippen molar-refractivity contribution in [2.24, 2.45) is 5.92 Å². The molecule has 2 aliphatic rings. The van der Waals surface area contributed by atoms with Gasteiger partial charge in [-0.05, 0) is 68.2 Å². The van der Waals surface area contributed by atoms with E-state index in [-0.39, 0.29) is 35.7 Å². The molecule has 2 aromatic heterocycles. The highest BCUT2D eigenvalue weighted by atomic mass is 16.5. The number of nitrogens with one attached hydrogen (secondary N) is 4. The Hall–Kier alpha value is -3.99. The molecule has 41 heavy (non-hydrogen) atoms. The zero-order valence-corrected chi connectivity index (χ0v) is 23.9. The van der Waals surface area contributed by atoms with Crippen LogP contribution in [0.3, 0.4) is 0 Å². The third-order valence-corrected chi connectivity index (χ3v) is 7.85. The van der Waals surface area contributed by atoms with Gasteiger partial charge < -0.3 is 26.0 Å². The second kappa shape index (κ2) is 13.1. The summed E-state index contributed by atoms with van der Waals surface area (Å²) in [7, 11) is 0. The molecule has 0 unspecified atom stereocenters. The number of anilines is 3. The summed E-state index contributed by atoms with van der Waals surface area (Å²) in [5.74, 6) is 1.24. The monoisotopic (exact) mass is 560 g/mol. The van der Waals surface area contributed by atoms with E-state index in [1.54, 1.807) is 4.52 Å². The number of fused-ring (bicyclic) bond motifs is 1. The molecule has 1 aromatic carbocycles. The SMILES string of the molecule is C=CC(=O)N[C@H]1CC[C@@H](C(=O)Nc2cccc(CNc3nc(NC4CCOCC4)nc4c(C(C)C)cnn34)c2)CC1. The maximum atomic E-state index is 13.0. The van der Waals surface area contributed by atoms with Crippen LogP contribution in [-0.4, -0.2) is 56.7 Å². The van der Waals surface area contributed by atoms with Crippen LogP contribution < -0.4 is 21.3 Å². The Morgan fingerprint density at radius 3 is 2.61 bits per heavy atom. The number of carbonyl (C=O) groups excluding carboxylic acids is 2. The second-order valence-corrected chi connectivity index (χ2v) is 11.2. The highest BCUT2D eigenvalue weighted by Crippen LogP contribution is 2.27. The van der Waals surface area contributed by atoms with Gasteiger partial charge in [-0.3, -0.25) is 9.59 Å². The third-order valence-electron chi connectivity index (χ3n) is 7.85. The molecule has 5 rings (SSSR count). The molecule has 4 N–H and O–H groups in total. The zero-order chi connectivity index (χ0) is 28.8. The molecule has 1 saturated heterocycles. The molecule has 0 radical (unpaired) electrons. The summed E-state index contributed by atoms with van der Waals surface area (Å²) in [5, 5.41) is 17.5. The average molecular weight is 561 g/mol. The predicted octanol–water partition coefficient (Wildman–Crippen LogP) is 4.25. The number of nitrogens with zero attached hydrogens (tertiary/aromatic N) is 4. The fourth-order valence-corrected chi connectivity index (χ4v) is 5.45. The van der Waals surface area contributed by atoms with Crippen LogP contribution in [0.25, 0.3) is 5.65 Å². The van der Waals surface area contributed by atoms with Gasteiger partial charge in [-0.25, -0.2) is 0 Å².